The van der Waals surface area contributed by atoms with Gasteiger partial charge in [-0.05, 0) is 24.1 Å². The zero-order chi connectivity index (χ0) is 11.0. The molecular formula is C11H9NO3. The smallest absolute Gasteiger partial charge is 0.285 e. The molecule has 0 spiro atoms. The highest BCUT2D eigenvalue weighted by Crippen LogP contribution is 2.16. The van der Waals surface area contributed by atoms with Crippen molar-refractivity contribution >= 4 is 17.6 Å². The lowest BCUT2D eigenvalue weighted by molar-refractivity contribution is -0.116. The number of benzene rings is 1. The van der Waals surface area contributed by atoms with Crippen LogP contribution in [0.25, 0.3) is 0 Å². The van der Waals surface area contributed by atoms with E-state index in [0.29, 0.717) is 0 Å². The highest BCUT2D eigenvalue weighted by Gasteiger charge is 2.30. The standard InChI is InChI=1S/C11H9NO3/c1-2-6-3-4-7-8(5-6)9(13)11(15)12-10(7)14/h3-5H,2H2,1H3,(H,12,14,15). The van der Waals surface area contributed by atoms with Crippen molar-refractivity contribution in [2.24, 2.45) is 0 Å². The second-order valence-electron chi connectivity index (χ2n) is 3.35. The van der Waals surface area contributed by atoms with Crippen molar-refractivity contribution in [2.45, 2.75) is 13.3 Å². The van der Waals surface area contributed by atoms with Crippen LogP contribution in [0.5, 0.6) is 0 Å². The van der Waals surface area contributed by atoms with Gasteiger partial charge in [-0.3, -0.25) is 19.7 Å². The first-order chi connectivity index (χ1) is 7.13. The molecule has 1 N–H and O–H groups in total. The van der Waals surface area contributed by atoms with E-state index in [1.54, 1.807) is 18.2 Å². The Hall–Kier alpha value is -1.97. The summed E-state index contributed by atoms with van der Waals surface area (Å²) < 4.78 is 0. The van der Waals surface area contributed by atoms with Crippen molar-refractivity contribution in [1.82, 2.24) is 5.32 Å². The van der Waals surface area contributed by atoms with Crippen LogP contribution in [0.2, 0.25) is 0 Å². The third kappa shape index (κ3) is 1.44. The molecule has 0 saturated carbocycles. The fourth-order valence-corrected chi connectivity index (χ4v) is 1.55. The van der Waals surface area contributed by atoms with Crippen LogP contribution < -0.4 is 5.32 Å². The Labute approximate surface area is 86.3 Å². The Morgan fingerprint density at radius 2 is 1.80 bits per heavy atom. The van der Waals surface area contributed by atoms with Gasteiger partial charge in [0.25, 0.3) is 17.6 Å². The van der Waals surface area contributed by atoms with Crippen LogP contribution in [0, 0.1) is 0 Å². The van der Waals surface area contributed by atoms with Gasteiger partial charge in [0.05, 0.1) is 5.56 Å². The monoisotopic (exact) mass is 203 g/mol. The Kier molecular flexibility index (Phi) is 2.11. The second kappa shape index (κ2) is 3.31. The molecule has 0 saturated heterocycles. The van der Waals surface area contributed by atoms with Crippen LogP contribution in [0.4, 0.5) is 0 Å². The maximum atomic E-state index is 11.5. The molecule has 0 atom stereocenters. The summed E-state index contributed by atoms with van der Waals surface area (Å²) in [6.45, 7) is 1.94. The van der Waals surface area contributed by atoms with Crippen LogP contribution in [-0.4, -0.2) is 17.6 Å². The third-order valence-corrected chi connectivity index (χ3v) is 2.41. The maximum Gasteiger partial charge on any atom is 0.299 e. The minimum Gasteiger partial charge on any atom is -0.285 e. The summed E-state index contributed by atoms with van der Waals surface area (Å²) in [5, 5.41) is 2.00. The van der Waals surface area contributed by atoms with Crippen molar-refractivity contribution in [3.05, 3.63) is 34.9 Å². The predicted octanol–water partition coefficient (Wildman–Crippen LogP) is 0.702. The van der Waals surface area contributed by atoms with Gasteiger partial charge in [0.1, 0.15) is 0 Å². The number of carbonyl (C=O) groups is 3. The number of nitrogens with one attached hydrogen (secondary N) is 1. The van der Waals surface area contributed by atoms with Gasteiger partial charge >= 0.3 is 0 Å². The maximum absolute atomic E-state index is 11.5. The largest absolute Gasteiger partial charge is 0.299 e. The lowest BCUT2D eigenvalue weighted by Crippen LogP contribution is -2.42. The number of amides is 2. The van der Waals surface area contributed by atoms with Crippen molar-refractivity contribution in [3.8, 4) is 0 Å². The Balaban J connectivity index is 2.62. The normalized spacial score (nSPS) is 14.9. The number of aryl methyl sites for hydroxylation is 1. The molecule has 0 unspecified atom stereocenters. The number of rotatable bonds is 1. The van der Waals surface area contributed by atoms with Gasteiger partial charge in [0.2, 0.25) is 0 Å². The quantitative estimate of drug-likeness (QED) is 0.539. The lowest BCUT2D eigenvalue weighted by atomic mass is 9.96. The molecular weight excluding hydrogens is 194 g/mol. The first kappa shape index (κ1) is 9.58. The molecule has 1 aromatic carbocycles. The minimum absolute atomic E-state index is 0.211. The van der Waals surface area contributed by atoms with Crippen LogP contribution >= 0.6 is 0 Å². The van der Waals surface area contributed by atoms with Gasteiger partial charge in [-0.15, -0.1) is 0 Å². The molecule has 0 aliphatic carbocycles. The third-order valence-electron chi connectivity index (χ3n) is 2.41. The van der Waals surface area contributed by atoms with Crippen molar-refractivity contribution in [2.75, 3.05) is 0 Å². The van der Waals surface area contributed by atoms with Crippen LogP contribution in [-0.2, 0) is 11.2 Å². The second-order valence-corrected chi connectivity index (χ2v) is 3.35. The number of ketones is 1. The Bertz CT molecular complexity index is 477. The molecule has 1 aromatic rings. The van der Waals surface area contributed by atoms with Crippen molar-refractivity contribution in [3.63, 3.8) is 0 Å². The average Bonchev–Trinajstić information content (AvgIpc) is 2.25. The van der Waals surface area contributed by atoms with Gasteiger partial charge in [0, 0.05) is 5.56 Å². The van der Waals surface area contributed by atoms with Gasteiger partial charge in [-0.2, -0.15) is 0 Å². The molecule has 76 valence electrons. The summed E-state index contributed by atoms with van der Waals surface area (Å²) in [5.74, 6) is -1.99. The van der Waals surface area contributed by atoms with Gasteiger partial charge in [0.15, 0.2) is 0 Å². The van der Waals surface area contributed by atoms with E-state index in [0.717, 1.165) is 12.0 Å². The van der Waals surface area contributed by atoms with Crippen LogP contribution in [0.3, 0.4) is 0 Å². The molecule has 15 heavy (non-hydrogen) atoms. The highest BCUT2D eigenvalue weighted by atomic mass is 16.2. The summed E-state index contributed by atoms with van der Waals surface area (Å²) in [6, 6.07) is 4.96. The van der Waals surface area contributed by atoms with Gasteiger partial charge in [-0.25, -0.2) is 0 Å². The lowest BCUT2D eigenvalue weighted by Gasteiger charge is -2.14. The number of Topliss-reactive ketones (excluding diaryl/α,β-unsaturated/α-hetero) is 1. The van der Waals surface area contributed by atoms with E-state index in [1.165, 1.54) is 0 Å². The summed E-state index contributed by atoms with van der Waals surface area (Å²) in [5.41, 5.74) is 1.42. The summed E-state index contributed by atoms with van der Waals surface area (Å²) in [6.07, 6.45) is 0.760. The first-order valence-corrected chi connectivity index (χ1v) is 4.66. The topological polar surface area (TPSA) is 63.2 Å². The van der Waals surface area contributed by atoms with Gasteiger partial charge in [-0.1, -0.05) is 13.0 Å². The SMILES string of the molecule is CCc1ccc2c(c1)C(=O)C(=O)NC2=O. The molecule has 0 fully saturated rings. The van der Waals surface area contributed by atoms with E-state index in [-0.39, 0.29) is 11.1 Å². The molecule has 0 bridgehead atoms. The zero-order valence-electron chi connectivity index (χ0n) is 8.16. The molecule has 0 aromatic heterocycles. The first-order valence-electron chi connectivity index (χ1n) is 4.66. The van der Waals surface area contributed by atoms with E-state index < -0.39 is 17.6 Å². The molecule has 1 aliphatic rings. The fraction of sp³-hybridized carbons (Fsp3) is 0.182. The Morgan fingerprint density at radius 1 is 1.07 bits per heavy atom. The molecule has 2 amide bonds. The number of hydrogen-bond acceptors (Lipinski definition) is 3. The van der Waals surface area contributed by atoms with Crippen molar-refractivity contribution < 1.29 is 14.4 Å². The number of carbonyl (C=O) groups excluding carboxylic acids is 3. The van der Waals surface area contributed by atoms with Crippen molar-refractivity contribution in [1.29, 1.82) is 0 Å². The number of imide groups is 1. The summed E-state index contributed by atoms with van der Waals surface area (Å²) in [7, 11) is 0. The molecule has 0 radical (unpaired) electrons. The van der Waals surface area contributed by atoms with E-state index >= 15 is 0 Å². The predicted molar refractivity (Wildman–Crippen MR) is 52.6 cm³/mol. The average molecular weight is 203 g/mol. The highest BCUT2D eigenvalue weighted by molar-refractivity contribution is 6.49. The van der Waals surface area contributed by atoms with E-state index in [2.05, 4.69) is 0 Å². The van der Waals surface area contributed by atoms with E-state index in [9.17, 15) is 14.4 Å². The molecule has 4 heteroatoms. The molecule has 4 nitrogen and oxygen atoms in total. The van der Waals surface area contributed by atoms with E-state index in [1.807, 2.05) is 12.2 Å². The molecule has 2 rings (SSSR count). The molecule has 1 aliphatic heterocycles. The van der Waals surface area contributed by atoms with Crippen LogP contribution in [0.15, 0.2) is 18.2 Å². The minimum atomic E-state index is -0.847. The van der Waals surface area contributed by atoms with Gasteiger partial charge < -0.3 is 0 Å². The number of hydrogen-bond donors (Lipinski definition) is 1. The fourth-order valence-electron chi connectivity index (χ4n) is 1.55. The molecule has 1 heterocycles. The van der Waals surface area contributed by atoms with Crippen LogP contribution in [0.1, 0.15) is 33.2 Å². The summed E-state index contributed by atoms with van der Waals surface area (Å²) >= 11 is 0. The summed E-state index contributed by atoms with van der Waals surface area (Å²) in [4.78, 5) is 33.9. The van der Waals surface area contributed by atoms with E-state index in [4.69, 9.17) is 0 Å². The Morgan fingerprint density at radius 3 is 2.47 bits per heavy atom. The zero-order valence-corrected chi connectivity index (χ0v) is 8.16. The number of fused-ring (bicyclic) bond motifs is 1.